The molecule has 2 amide bonds. The standard InChI is InChI=1S/C25H21N5O5/c1-15-8-10-16(11-9-15)26-24(31)22-21-14-28(25(32)33)12-13-29(21)23(27-22)19-6-2-5-18-17(19)4-3-7-20(18)30(34)35/h2-11H,12-14H2,1H3,(H,26,31)(H,32,33). The highest BCUT2D eigenvalue weighted by Crippen LogP contribution is 2.35. The van der Waals surface area contributed by atoms with Gasteiger partial charge in [0.2, 0.25) is 0 Å². The lowest BCUT2D eigenvalue weighted by molar-refractivity contribution is -0.383. The Labute approximate surface area is 199 Å². The molecule has 5 rings (SSSR count). The Morgan fingerprint density at radius 3 is 2.46 bits per heavy atom. The van der Waals surface area contributed by atoms with Crippen LogP contribution < -0.4 is 5.32 Å². The molecule has 3 aromatic carbocycles. The second-order valence-corrected chi connectivity index (χ2v) is 8.34. The Hall–Kier alpha value is -4.73. The van der Waals surface area contributed by atoms with Gasteiger partial charge in [-0.05, 0) is 30.5 Å². The number of hydrogen-bond acceptors (Lipinski definition) is 5. The molecule has 176 valence electrons. The summed E-state index contributed by atoms with van der Waals surface area (Å²) in [7, 11) is 0. The van der Waals surface area contributed by atoms with Crippen LogP contribution in [-0.4, -0.2) is 43.0 Å². The summed E-state index contributed by atoms with van der Waals surface area (Å²) in [6.45, 7) is 2.48. The smallest absolute Gasteiger partial charge is 0.407 e. The van der Waals surface area contributed by atoms with E-state index in [0.717, 1.165) is 5.56 Å². The number of nitrogens with zero attached hydrogens (tertiary/aromatic N) is 4. The molecule has 0 bridgehead atoms. The van der Waals surface area contributed by atoms with E-state index < -0.39 is 16.9 Å². The van der Waals surface area contributed by atoms with Crippen molar-refractivity contribution >= 4 is 34.1 Å². The minimum absolute atomic E-state index is 0.00387. The zero-order chi connectivity index (χ0) is 24.7. The van der Waals surface area contributed by atoms with Gasteiger partial charge in [0.15, 0.2) is 5.69 Å². The number of carboxylic acid groups (broad SMARTS) is 1. The Kier molecular flexibility index (Phi) is 5.40. The van der Waals surface area contributed by atoms with Gasteiger partial charge in [0, 0.05) is 30.4 Å². The third kappa shape index (κ3) is 3.95. The van der Waals surface area contributed by atoms with Gasteiger partial charge in [-0.25, -0.2) is 9.78 Å². The van der Waals surface area contributed by atoms with E-state index in [0.29, 0.717) is 40.1 Å². The molecule has 2 N–H and O–H groups in total. The first-order chi connectivity index (χ1) is 16.8. The normalized spacial score (nSPS) is 12.9. The molecule has 0 aliphatic carbocycles. The van der Waals surface area contributed by atoms with Crippen LogP contribution >= 0.6 is 0 Å². The molecule has 0 spiro atoms. The highest BCUT2D eigenvalue weighted by atomic mass is 16.6. The average Bonchev–Trinajstić information content (AvgIpc) is 3.23. The first-order valence-electron chi connectivity index (χ1n) is 11.0. The molecule has 0 unspecified atom stereocenters. The summed E-state index contributed by atoms with van der Waals surface area (Å²) in [4.78, 5) is 41.9. The van der Waals surface area contributed by atoms with Crippen molar-refractivity contribution in [2.45, 2.75) is 20.0 Å². The number of nitrogens with one attached hydrogen (secondary N) is 1. The van der Waals surface area contributed by atoms with Crippen molar-refractivity contribution in [3.63, 3.8) is 0 Å². The lowest BCUT2D eigenvalue weighted by Gasteiger charge is -2.27. The summed E-state index contributed by atoms with van der Waals surface area (Å²) in [5.74, 6) is 0.00695. The first-order valence-corrected chi connectivity index (χ1v) is 11.0. The number of aryl methyl sites for hydroxylation is 1. The van der Waals surface area contributed by atoms with Crippen LogP contribution in [0.2, 0.25) is 0 Å². The Bertz CT molecular complexity index is 1490. The predicted octanol–water partition coefficient (Wildman–Crippen LogP) is 4.67. The van der Waals surface area contributed by atoms with Crippen molar-refractivity contribution < 1.29 is 19.6 Å². The maximum Gasteiger partial charge on any atom is 0.407 e. The number of non-ortho nitro benzene ring substituents is 1. The van der Waals surface area contributed by atoms with Gasteiger partial charge in [-0.1, -0.05) is 42.0 Å². The van der Waals surface area contributed by atoms with Gasteiger partial charge in [-0.3, -0.25) is 14.9 Å². The van der Waals surface area contributed by atoms with E-state index in [4.69, 9.17) is 0 Å². The molecule has 0 fully saturated rings. The molecule has 2 heterocycles. The van der Waals surface area contributed by atoms with Gasteiger partial charge in [-0.15, -0.1) is 0 Å². The van der Waals surface area contributed by atoms with Crippen molar-refractivity contribution in [3.8, 4) is 11.4 Å². The molecule has 0 saturated carbocycles. The largest absolute Gasteiger partial charge is 0.465 e. The van der Waals surface area contributed by atoms with E-state index in [1.165, 1.54) is 11.0 Å². The zero-order valence-electron chi connectivity index (χ0n) is 18.8. The molecule has 0 atom stereocenters. The van der Waals surface area contributed by atoms with Gasteiger partial charge >= 0.3 is 6.09 Å². The topological polar surface area (TPSA) is 131 Å². The van der Waals surface area contributed by atoms with Crippen LogP contribution in [0, 0.1) is 17.0 Å². The molecule has 4 aromatic rings. The number of aromatic nitrogens is 2. The van der Waals surface area contributed by atoms with E-state index in [-0.39, 0.29) is 24.5 Å². The number of rotatable bonds is 4. The van der Waals surface area contributed by atoms with Gasteiger partial charge in [0.1, 0.15) is 5.82 Å². The summed E-state index contributed by atoms with van der Waals surface area (Å²) >= 11 is 0. The summed E-state index contributed by atoms with van der Waals surface area (Å²) in [5.41, 5.74) is 2.84. The Morgan fingerprint density at radius 2 is 1.74 bits per heavy atom. The number of benzene rings is 3. The van der Waals surface area contributed by atoms with Gasteiger partial charge in [0.25, 0.3) is 11.6 Å². The van der Waals surface area contributed by atoms with Gasteiger partial charge in [-0.2, -0.15) is 0 Å². The van der Waals surface area contributed by atoms with Crippen LogP contribution in [0.25, 0.3) is 22.2 Å². The van der Waals surface area contributed by atoms with Crippen molar-refractivity contribution in [3.05, 3.63) is 87.7 Å². The first kappa shape index (κ1) is 22.1. The number of anilines is 1. The van der Waals surface area contributed by atoms with E-state index in [1.807, 2.05) is 23.6 Å². The molecule has 1 aliphatic rings. The molecule has 1 aromatic heterocycles. The van der Waals surface area contributed by atoms with Crippen molar-refractivity contribution in [1.82, 2.24) is 14.5 Å². The van der Waals surface area contributed by atoms with E-state index in [9.17, 15) is 24.8 Å². The van der Waals surface area contributed by atoms with Crippen LogP contribution in [0.4, 0.5) is 16.2 Å². The summed E-state index contributed by atoms with van der Waals surface area (Å²) in [6.07, 6.45) is -1.08. The summed E-state index contributed by atoms with van der Waals surface area (Å²) in [6, 6.07) is 17.3. The van der Waals surface area contributed by atoms with Gasteiger partial charge < -0.3 is 19.9 Å². The van der Waals surface area contributed by atoms with Crippen LogP contribution in [0.15, 0.2) is 60.7 Å². The number of hydrogen-bond donors (Lipinski definition) is 2. The van der Waals surface area contributed by atoms with Crippen molar-refractivity contribution in [2.24, 2.45) is 0 Å². The third-order valence-electron chi connectivity index (χ3n) is 6.14. The number of amides is 2. The van der Waals surface area contributed by atoms with Crippen LogP contribution in [0.3, 0.4) is 0 Å². The fourth-order valence-corrected chi connectivity index (χ4v) is 4.39. The number of nitro benzene ring substituents is 1. The molecular formula is C25H21N5O5. The number of carbonyl (C=O) groups excluding carboxylic acids is 1. The molecule has 0 saturated heterocycles. The van der Waals surface area contributed by atoms with Gasteiger partial charge in [0.05, 0.1) is 22.5 Å². The fraction of sp³-hybridized carbons (Fsp3) is 0.160. The number of imidazole rings is 1. The molecule has 10 nitrogen and oxygen atoms in total. The zero-order valence-corrected chi connectivity index (χ0v) is 18.8. The monoisotopic (exact) mass is 471 g/mol. The third-order valence-corrected chi connectivity index (χ3v) is 6.14. The van der Waals surface area contributed by atoms with Crippen LogP contribution in [-0.2, 0) is 13.1 Å². The van der Waals surface area contributed by atoms with Crippen molar-refractivity contribution in [2.75, 3.05) is 11.9 Å². The second kappa shape index (κ2) is 8.56. The number of nitro groups is 1. The predicted molar refractivity (Wildman–Crippen MR) is 129 cm³/mol. The molecule has 0 radical (unpaired) electrons. The van der Waals surface area contributed by atoms with E-state index in [2.05, 4.69) is 10.3 Å². The number of carbonyl (C=O) groups is 2. The number of fused-ring (bicyclic) bond motifs is 2. The lowest BCUT2D eigenvalue weighted by atomic mass is 10.0. The Balaban J connectivity index is 1.65. The maximum atomic E-state index is 13.3. The average molecular weight is 471 g/mol. The Morgan fingerprint density at radius 1 is 1.03 bits per heavy atom. The quantitative estimate of drug-likeness (QED) is 0.329. The highest BCUT2D eigenvalue weighted by molar-refractivity contribution is 6.05. The van der Waals surface area contributed by atoms with E-state index in [1.54, 1.807) is 42.5 Å². The molecule has 1 aliphatic heterocycles. The van der Waals surface area contributed by atoms with E-state index >= 15 is 0 Å². The summed E-state index contributed by atoms with van der Waals surface area (Å²) < 4.78 is 1.83. The fourth-order valence-electron chi connectivity index (χ4n) is 4.39. The molecular weight excluding hydrogens is 450 g/mol. The lowest BCUT2D eigenvalue weighted by Crippen LogP contribution is -2.38. The minimum Gasteiger partial charge on any atom is -0.465 e. The minimum atomic E-state index is -1.08. The molecule has 35 heavy (non-hydrogen) atoms. The SMILES string of the molecule is Cc1ccc(NC(=O)c2nc(-c3cccc4c([N+](=O)[O-])cccc34)n3c2CN(C(=O)O)CC3)cc1. The van der Waals surface area contributed by atoms with Crippen LogP contribution in [0.5, 0.6) is 0 Å². The summed E-state index contributed by atoms with van der Waals surface area (Å²) in [5, 5.41) is 25.0. The van der Waals surface area contributed by atoms with Crippen LogP contribution in [0.1, 0.15) is 21.7 Å². The molecule has 10 heteroatoms. The highest BCUT2D eigenvalue weighted by Gasteiger charge is 2.30. The second-order valence-electron chi connectivity index (χ2n) is 8.34. The van der Waals surface area contributed by atoms with Crippen molar-refractivity contribution in [1.29, 1.82) is 0 Å². The maximum absolute atomic E-state index is 13.3.